The Hall–Kier alpha value is -3.64. The Morgan fingerprint density at radius 3 is 2.53 bits per heavy atom. The minimum atomic E-state index is -0.428. The summed E-state index contributed by atoms with van der Waals surface area (Å²) in [6, 6.07) is 22.5. The number of aryl methyl sites for hydroxylation is 1. The zero-order chi connectivity index (χ0) is 29.7. The fourth-order valence-electron chi connectivity index (χ4n) is 5.54. The largest absolute Gasteiger partial charge is 0.487 e. The quantitative estimate of drug-likeness (QED) is 0.135. The highest BCUT2D eigenvalue weighted by Gasteiger charge is 2.33. The lowest BCUT2D eigenvalue weighted by atomic mass is 9.85. The molecule has 11 heteroatoms. The third kappa shape index (κ3) is 5.24. The number of nitrogens with zero attached hydrogens (tertiary/aromatic N) is 3. The summed E-state index contributed by atoms with van der Waals surface area (Å²) in [6.07, 6.45) is 3.68. The van der Waals surface area contributed by atoms with Crippen molar-refractivity contribution in [2.75, 3.05) is 0 Å². The number of halogens is 2. The van der Waals surface area contributed by atoms with Gasteiger partial charge in [0.25, 0.3) is 11.2 Å². The molecule has 7 rings (SSSR count). The van der Waals surface area contributed by atoms with Gasteiger partial charge in [0.15, 0.2) is 4.80 Å². The summed E-state index contributed by atoms with van der Waals surface area (Å²) in [4.78, 5) is 31.4. The van der Waals surface area contributed by atoms with E-state index in [0.29, 0.717) is 24.0 Å². The van der Waals surface area contributed by atoms with Gasteiger partial charge in [0.1, 0.15) is 12.4 Å². The molecule has 1 aliphatic heterocycles. The maximum Gasteiger partial charge on any atom is 0.271 e. The number of ether oxygens (including phenoxy) is 1. The van der Waals surface area contributed by atoms with Crippen LogP contribution >= 0.6 is 54.5 Å². The molecule has 0 N–H and O–H groups in total. The zero-order valence-corrected chi connectivity index (χ0v) is 27.1. The Bertz CT molecular complexity index is 2090. The molecule has 0 spiro atoms. The number of thiazole rings is 1. The van der Waals surface area contributed by atoms with Gasteiger partial charge in [-0.3, -0.25) is 19.5 Å². The minimum Gasteiger partial charge on any atom is -0.487 e. The molecule has 43 heavy (non-hydrogen) atoms. The molecule has 0 fully saturated rings. The van der Waals surface area contributed by atoms with E-state index < -0.39 is 4.92 Å². The summed E-state index contributed by atoms with van der Waals surface area (Å²) in [5, 5.41) is 13.0. The van der Waals surface area contributed by atoms with E-state index in [-0.39, 0.29) is 23.9 Å². The molecule has 214 valence electrons. The highest BCUT2D eigenvalue weighted by molar-refractivity contribution is 9.11. The first kappa shape index (κ1) is 28.1. The zero-order valence-electron chi connectivity index (χ0n) is 22.3. The van der Waals surface area contributed by atoms with Gasteiger partial charge in [0.2, 0.25) is 0 Å². The van der Waals surface area contributed by atoms with Gasteiger partial charge >= 0.3 is 0 Å². The summed E-state index contributed by atoms with van der Waals surface area (Å²) in [5.74, 6) is 0.598. The van der Waals surface area contributed by atoms with Crippen LogP contribution in [0.1, 0.15) is 39.6 Å². The average molecular weight is 735 g/mol. The maximum absolute atomic E-state index is 14.0. The van der Waals surface area contributed by atoms with Crippen LogP contribution in [0.3, 0.4) is 0 Å². The molecule has 0 saturated carbocycles. The first-order valence-corrected chi connectivity index (χ1v) is 16.7. The van der Waals surface area contributed by atoms with Gasteiger partial charge in [0.05, 0.1) is 30.1 Å². The number of fused-ring (bicyclic) bond motifs is 3. The molecule has 0 saturated heterocycles. The fourth-order valence-corrected chi connectivity index (χ4v) is 8.84. The lowest BCUT2D eigenvalue weighted by molar-refractivity contribution is -0.384. The third-order valence-corrected chi connectivity index (χ3v) is 10.6. The van der Waals surface area contributed by atoms with E-state index in [4.69, 9.17) is 9.73 Å². The number of non-ortho nitro benzene ring substituents is 1. The molecule has 1 unspecified atom stereocenters. The first-order chi connectivity index (χ1) is 20.9. The van der Waals surface area contributed by atoms with E-state index in [2.05, 4.69) is 67.6 Å². The topological polar surface area (TPSA) is 86.7 Å². The number of benzene rings is 3. The van der Waals surface area contributed by atoms with E-state index in [1.54, 1.807) is 23.5 Å². The summed E-state index contributed by atoms with van der Waals surface area (Å²) in [6.45, 7) is 0.240. The number of hydrogen-bond donors (Lipinski definition) is 0. The van der Waals surface area contributed by atoms with Crippen molar-refractivity contribution in [3.05, 3.63) is 150 Å². The number of hydrogen-bond acceptors (Lipinski definition) is 7. The van der Waals surface area contributed by atoms with Crippen molar-refractivity contribution >= 4 is 72.0 Å². The van der Waals surface area contributed by atoms with Crippen LogP contribution in [0.5, 0.6) is 5.75 Å². The summed E-state index contributed by atoms with van der Waals surface area (Å²) >= 11 is 10.3. The number of nitro groups is 1. The van der Waals surface area contributed by atoms with Crippen molar-refractivity contribution < 1.29 is 9.66 Å². The molecule has 2 aromatic heterocycles. The predicted molar refractivity (Wildman–Crippen MR) is 176 cm³/mol. The van der Waals surface area contributed by atoms with Gasteiger partial charge < -0.3 is 4.74 Å². The average Bonchev–Trinajstić information content (AvgIpc) is 3.64. The Labute approximate surface area is 270 Å². The molecule has 5 aromatic rings. The fraction of sp³-hybridized carbons (Fsp3) is 0.125. The van der Waals surface area contributed by atoms with Crippen molar-refractivity contribution in [1.29, 1.82) is 0 Å². The van der Waals surface area contributed by atoms with Crippen LogP contribution in [0.2, 0.25) is 0 Å². The van der Waals surface area contributed by atoms with Crippen molar-refractivity contribution in [2.45, 2.75) is 25.5 Å². The number of allylic oxidation sites excluding steroid dienone is 1. The summed E-state index contributed by atoms with van der Waals surface area (Å²) in [5.41, 5.74) is 6.24. The number of rotatable bonds is 6. The Kier molecular flexibility index (Phi) is 7.50. The van der Waals surface area contributed by atoms with Crippen LogP contribution in [0.15, 0.2) is 102 Å². The van der Waals surface area contributed by atoms with Crippen LogP contribution in [0.25, 0.3) is 11.8 Å². The minimum absolute atomic E-state index is 0.0347. The van der Waals surface area contributed by atoms with Gasteiger partial charge in [-0.2, -0.15) is 0 Å². The number of nitro benzene ring substituents is 1. The van der Waals surface area contributed by atoms with Crippen LogP contribution in [-0.4, -0.2) is 9.49 Å². The van der Waals surface area contributed by atoms with E-state index in [0.717, 1.165) is 40.1 Å². The van der Waals surface area contributed by atoms with Gasteiger partial charge in [0, 0.05) is 22.6 Å². The molecule has 7 nitrogen and oxygen atoms in total. The van der Waals surface area contributed by atoms with Gasteiger partial charge in [-0.1, -0.05) is 41.7 Å². The monoisotopic (exact) mass is 733 g/mol. The van der Waals surface area contributed by atoms with Crippen LogP contribution < -0.4 is 19.6 Å². The van der Waals surface area contributed by atoms with Crippen molar-refractivity contribution in [2.24, 2.45) is 4.99 Å². The van der Waals surface area contributed by atoms with Crippen molar-refractivity contribution in [3.63, 3.8) is 0 Å². The van der Waals surface area contributed by atoms with Crippen LogP contribution in [0.4, 0.5) is 5.69 Å². The van der Waals surface area contributed by atoms with Crippen LogP contribution in [0, 0.1) is 10.1 Å². The molecule has 2 aliphatic rings. The maximum atomic E-state index is 14.0. The Balaban J connectivity index is 1.25. The molecule has 1 atom stereocenters. The second-order valence-corrected chi connectivity index (χ2v) is 13.9. The number of aromatic nitrogens is 1. The Morgan fingerprint density at radius 1 is 1.05 bits per heavy atom. The molecule has 1 aliphatic carbocycles. The molecule has 0 radical (unpaired) electrons. The SMILES string of the molecule is O=c1c(=Cc2cc(Br)c(OCc3ccc([N+](=O)[O-])cc3)c(Br)c2)sc2n1C(c1cccs1)C1=C(N=2)c2ccccc2CC1. The molecule has 0 amide bonds. The van der Waals surface area contributed by atoms with Gasteiger partial charge in [-0.25, -0.2) is 4.99 Å². The van der Waals surface area contributed by atoms with E-state index in [9.17, 15) is 14.9 Å². The second-order valence-electron chi connectivity index (χ2n) is 10.2. The molecule has 3 aromatic carbocycles. The number of thiophene rings is 1. The van der Waals surface area contributed by atoms with E-state index in [1.807, 2.05) is 28.8 Å². The highest BCUT2D eigenvalue weighted by atomic mass is 79.9. The molecular weight excluding hydrogens is 714 g/mol. The predicted octanol–water partition coefficient (Wildman–Crippen LogP) is 7.39. The van der Waals surface area contributed by atoms with E-state index >= 15 is 0 Å². The second kappa shape index (κ2) is 11.5. The van der Waals surface area contributed by atoms with Gasteiger partial charge in [-0.15, -0.1) is 11.3 Å². The molecule has 3 heterocycles. The first-order valence-electron chi connectivity index (χ1n) is 13.4. The Morgan fingerprint density at radius 2 is 1.81 bits per heavy atom. The lowest BCUT2D eigenvalue weighted by Crippen LogP contribution is -2.38. The third-order valence-electron chi connectivity index (χ3n) is 7.53. The van der Waals surface area contributed by atoms with Crippen LogP contribution in [-0.2, 0) is 13.0 Å². The molecular formula is C32H21Br2N3O4S2. The normalized spacial score (nSPS) is 15.9. The van der Waals surface area contributed by atoms with Crippen molar-refractivity contribution in [1.82, 2.24) is 4.57 Å². The standard InChI is InChI=1S/C32H21Br2N3O4S2/c33-24-14-19(15-25(34)30(24)41-17-18-7-10-21(11-8-18)37(39)40)16-27-31(38)36-29(26-6-3-13-42-26)23-12-9-20-4-1-2-5-22(20)28(23)35-32(36)43-27/h1-8,10-11,13-16,29H,9,12,17H2. The summed E-state index contributed by atoms with van der Waals surface area (Å²) < 4.78 is 9.92. The highest BCUT2D eigenvalue weighted by Crippen LogP contribution is 2.42. The van der Waals surface area contributed by atoms with Crippen molar-refractivity contribution in [3.8, 4) is 5.75 Å². The van der Waals surface area contributed by atoms with E-state index in [1.165, 1.54) is 34.6 Å². The lowest BCUT2D eigenvalue weighted by Gasteiger charge is -2.30. The molecule has 0 bridgehead atoms. The smallest absolute Gasteiger partial charge is 0.271 e. The summed E-state index contributed by atoms with van der Waals surface area (Å²) in [7, 11) is 0. The van der Waals surface area contributed by atoms with Gasteiger partial charge in [-0.05, 0) is 109 Å².